The molecule has 1 saturated heterocycles. The highest BCUT2D eigenvalue weighted by atomic mass is 16.5. The highest BCUT2D eigenvalue weighted by Crippen LogP contribution is 2.39. The summed E-state index contributed by atoms with van der Waals surface area (Å²) < 4.78 is 6.14. The number of piperidine rings is 1. The summed E-state index contributed by atoms with van der Waals surface area (Å²) in [7, 11) is 0. The molecule has 1 aromatic carbocycles. The highest BCUT2D eigenvalue weighted by Gasteiger charge is 2.43. The molecule has 2 aliphatic rings. The lowest BCUT2D eigenvalue weighted by Gasteiger charge is -2.37. The number of likely N-dealkylation sites (tertiary alicyclic amines) is 1. The molecule has 2 fully saturated rings. The molecule has 1 aliphatic carbocycles. The van der Waals surface area contributed by atoms with Crippen molar-refractivity contribution in [2.45, 2.75) is 25.5 Å². The van der Waals surface area contributed by atoms with Crippen LogP contribution in [0.1, 0.15) is 18.4 Å². The van der Waals surface area contributed by atoms with Crippen LogP contribution in [-0.4, -0.2) is 34.1 Å². The van der Waals surface area contributed by atoms with Gasteiger partial charge in [0, 0.05) is 43.9 Å². The Morgan fingerprint density at radius 3 is 2.50 bits per heavy atom. The van der Waals surface area contributed by atoms with Crippen LogP contribution < -0.4 is 4.74 Å². The van der Waals surface area contributed by atoms with E-state index in [0.29, 0.717) is 23.8 Å². The Morgan fingerprint density at radius 1 is 1.05 bits per heavy atom. The lowest BCUT2D eigenvalue weighted by Crippen LogP contribution is -2.46. The Morgan fingerprint density at radius 2 is 1.82 bits per heavy atom. The minimum atomic E-state index is 0.309. The van der Waals surface area contributed by atoms with Gasteiger partial charge in [0.2, 0.25) is 5.88 Å². The van der Waals surface area contributed by atoms with Crippen LogP contribution in [0.5, 0.6) is 5.88 Å². The summed E-state index contributed by atoms with van der Waals surface area (Å²) in [5.74, 6) is 1.90. The molecule has 4 heteroatoms. The zero-order valence-electron chi connectivity index (χ0n) is 12.6. The zero-order chi connectivity index (χ0) is 14.8. The monoisotopic (exact) mass is 295 g/mol. The molecule has 4 nitrogen and oxygen atoms in total. The lowest BCUT2D eigenvalue weighted by atomic mass is 9.94. The van der Waals surface area contributed by atoms with Crippen LogP contribution in [0.3, 0.4) is 0 Å². The van der Waals surface area contributed by atoms with Gasteiger partial charge < -0.3 is 4.74 Å². The van der Waals surface area contributed by atoms with Gasteiger partial charge in [-0.2, -0.15) is 0 Å². The van der Waals surface area contributed by atoms with E-state index in [9.17, 15) is 0 Å². The fourth-order valence-electron chi connectivity index (χ4n) is 3.92. The second-order valence-electron chi connectivity index (χ2n) is 6.40. The number of hydrogen-bond acceptors (Lipinski definition) is 4. The van der Waals surface area contributed by atoms with Gasteiger partial charge in [-0.05, 0) is 18.4 Å². The van der Waals surface area contributed by atoms with E-state index < -0.39 is 0 Å². The third kappa shape index (κ3) is 2.83. The molecular weight excluding hydrogens is 274 g/mol. The highest BCUT2D eigenvalue weighted by molar-refractivity contribution is 5.15. The van der Waals surface area contributed by atoms with Crippen molar-refractivity contribution in [2.24, 2.45) is 11.8 Å². The van der Waals surface area contributed by atoms with E-state index in [-0.39, 0.29) is 0 Å². The molecule has 0 amide bonds. The normalized spacial score (nSPS) is 27.7. The van der Waals surface area contributed by atoms with Gasteiger partial charge in [0.15, 0.2) is 0 Å². The first-order chi connectivity index (χ1) is 10.9. The predicted octanol–water partition coefficient (Wildman–Crippen LogP) is 2.77. The third-order valence-corrected chi connectivity index (χ3v) is 4.87. The molecule has 4 rings (SSSR count). The lowest BCUT2D eigenvalue weighted by molar-refractivity contribution is 0.0278. The zero-order valence-corrected chi connectivity index (χ0v) is 12.6. The van der Waals surface area contributed by atoms with Gasteiger partial charge in [-0.15, -0.1) is 0 Å². The van der Waals surface area contributed by atoms with Crippen LogP contribution in [0.4, 0.5) is 0 Å². The van der Waals surface area contributed by atoms with Crippen LogP contribution in [-0.2, 0) is 6.54 Å². The van der Waals surface area contributed by atoms with Gasteiger partial charge >= 0.3 is 0 Å². The van der Waals surface area contributed by atoms with Crippen molar-refractivity contribution in [3.05, 3.63) is 54.5 Å². The number of rotatable bonds is 4. The number of ether oxygens (including phenoxy) is 1. The van der Waals surface area contributed by atoms with Crippen LogP contribution in [0.25, 0.3) is 0 Å². The van der Waals surface area contributed by atoms with E-state index in [0.717, 1.165) is 19.6 Å². The Bertz CT molecular complexity index is 590. The summed E-state index contributed by atoms with van der Waals surface area (Å²) in [4.78, 5) is 10.9. The first-order valence-electron chi connectivity index (χ1n) is 8.07. The van der Waals surface area contributed by atoms with E-state index in [4.69, 9.17) is 4.74 Å². The van der Waals surface area contributed by atoms with Crippen molar-refractivity contribution < 1.29 is 4.74 Å². The maximum absolute atomic E-state index is 6.14. The number of nitrogens with zero attached hydrogens (tertiary/aromatic N) is 3. The van der Waals surface area contributed by atoms with E-state index in [1.165, 1.54) is 18.4 Å². The molecule has 2 heterocycles. The molecule has 2 bridgehead atoms. The standard InChI is InChI=1S/C18H21N3O/c1-2-4-14(5-3-1)11-21-12-15-6-7-16(13-21)18(15)22-17-10-19-8-9-20-17/h1-5,8-10,15-16,18H,6-7,11-13H2/t15-,16+,18+. The van der Waals surface area contributed by atoms with Crippen molar-refractivity contribution in [3.8, 4) is 5.88 Å². The molecule has 0 spiro atoms. The smallest absolute Gasteiger partial charge is 0.232 e. The molecule has 114 valence electrons. The molecular formula is C18H21N3O. The molecule has 0 unspecified atom stereocenters. The summed E-state index contributed by atoms with van der Waals surface area (Å²) >= 11 is 0. The SMILES string of the molecule is c1ccc(CN2C[C@H]3CC[C@@H](C2)[C@H]3Oc2cnccn2)cc1. The Kier molecular flexibility index (Phi) is 3.77. The number of benzene rings is 1. The number of hydrogen-bond donors (Lipinski definition) is 0. The minimum absolute atomic E-state index is 0.309. The van der Waals surface area contributed by atoms with Crippen molar-refractivity contribution in [3.63, 3.8) is 0 Å². The van der Waals surface area contributed by atoms with Gasteiger partial charge in [-0.3, -0.25) is 9.88 Å². The van der Waals surface area contributed by atoms with Crippen LogP contribution in [0, 0.1) is 11.8 Å². The topological polar surface area (TPSA) is 38.2 Å². The second kappa shape index (κ2) is 6.05. The van der Waals surface area contributed by atoms with Crippen LogP contribution in [0.2, 0.25) is 0 Å². The Hall–Kier alpha value is -1.94. The summed E-state index contributed by atoms with van der Waals surface area (Å²) in [6, 6.07) is 10.7. The average Bonchev–Trinajstić information content (AvgIpc) is 2.80. The van der Waals surface area contributed by atoms with Gasteiger partial charge in [0.1, 0.15) is 6.10 Å². The Labute approximate surface area is 131 Å². The van der Waals surface area contributed by atoms with Gasteiger partial charge in [-0.1, -0.05) is 30.3 Å². The summed E-state index contributed by atoms with van der Waals surface area (Å²) in [6.45, 7) is 3.29. The quantitative estimate of drug-likeness (QED) is 0.869. The maximum Gasteiger partial charge on any atom is 0.232 e. The Balaban J connectivity index is 1.41. The fraction of sp³-hybridized carbons (Fsp3) is 0.444. The molecule has 0 N–H and O–H groups in total. The molecule has 0 radical (unpaired) electrons. The first-order valence-corrected chi connectivity index (χ1v) is 8.07. The molecule has 22 heavy (non-hydrogen) atoms. The van der Waals surface area contributed by atoms with Crippen molar-refractivity contribution in [2.75, 3.05) is 13.1 Å². The summed E-state index contributed by atoms with van der Waals surface area (Å²) in [5, 5.41) is 0. The largest absolute Gasteiger partial charge is 0.473 e. The van der Waals surface area contributed by atoms with Crippen molar-refractivity contribution in [1.29, 1.82) is 0 Å². The van der Waals surface area contributed by atoms with Gasteiger partial charge in [0.05, 0.1) is 6.20 Å². The van der Waals surface area contributed by atoms with Crippen molar-refractivity contribution >= 4 is 0 Å². The van der Waals surface area contributed by atoms with Crippen LogP contribution in [0.15, 0.2) is 48.9 Å². The minimum Gasteiger partial charge on any atom is -0.473 e. The molecule has 2 aromatic rings. The predicted molar refractivity (Wildman–Crippen MR) is 84.4 cm³/mol. The van der Waals surface area contributed by atoms with Crippen LogP contribution >= 0.6 is 0 Å². The van der Waals surface area contributed by atoms with E-state index >= 15 is 0 Å². The summed E-state index contributed by atoms with van der Waals surface area (Å²) in [5.41, 5.74) is 1.40. The molecule has 1 aromatic heterocycles. The average molecular weight is 295 g/mol. The molecule has 1 aliphatic heterocycles. The van der Waals surface area contributed by atoms with E-state index in [1.807, 2.05) is 0 Å². The molecule has 1 saturated carbocycles. The van der Waals surface area contributed by atoms with Gasteiger partial charge in [-0.25, -0.2) is 4.98 Å². The second-order valence-corrected chi connectivity index (χ2v) is 6.40. The maximum atomic E-state index is 6.14. The fourth-order valence-corrected chi connectivity index (χ4v) is 3.92. The summed E-state index contributed by atoms with van der Waals surface area (Å²) in [6.07, 6.45) is 7.94. The number of fused-ring (bicyclic) bond motifs is 2. The molecule has 3 atom stereocenters. The van der Waals surface area contributed by atoms with Gasteiger partial charge in [0.25, 0.3) is 0 Å². The van der Waals surface area contributed by atoms with E-state index in [1.54, 1.807) is 18.6 Å². The third-order valence-electron chi connectivity index (χ3n) is 4.87. The van der Waals surface area contributed by atoms with E-state index in [2.05, 4.69) is 45.2 Å². The number of aromatic nitrogens is 2. The first kappa shape index (κ1) is 13.7. The van der Waals surface area contributed by atoms with Crippen molar-refractivity contribution in [1.82, 2.24) is 14.9 Å².